The van der Waals surface area contributed by atoms with Gasteiger partial charge in [-0.15, -0.1) is 0 Å². The zero-order chi connectivity index (χ0) is 26.8. The first-order valence-electron chi connectivity index (χ1n) is 13.1. The Morgan fingerprint density at radius 3 is 2.53 bits per heavy atom. The van der Waals surface area contributed by atoms with E-state index in [1.807, 2.05) is 19.1 Å². The van der Waals surface area contributed by atoms with Gasteiger partial charge in [0.1, 0.15) is 30.4 Å². The molecule has 0 aliphatic carbocycles. The molecule has 38 heavy (non-hydrogen) atoms. The van der Waals surface area contributed by atoms with Crippen molar-refractivity contribution in [1.82, 2.24) is 9.71 Å². The first-order valence-corrected chi connectivity index (χ1v) is 13.1. The maximum absolute atomic E-state index is 14.3. The summed E-state index contributed by atoms with van der Waals surface area (Å²) in [5, 5.41) is 0. The Hall–Kier alpha value is -3.94. The van der Waals surface area contributed by atoms with Gasteiger partial charge in [-0.25, -0.2) is 13.8 Å². The predicted molar refractivity (Wildman–Crippen MR) is 144 cm³/mol. The highest BCUT2D eigenvalue weighted by Gasteiger charge is 2.26. The minimum absolute atomic E-state index is 0.0119. The second kappa shape index (κ2) is 10.8. The third-order valence-corrected chi connectivity index (χ3v) is 7.22. The molecule has 1 fully saturated rings. The van der Waals surface area contributed by atoms with E-state index in [1.165, 1.54) is 31.5 Å². The highest BCUT2D eigenvalue weighted by Crippen LogP contribution is 2.25. The van der Waals surface area contributed by atoms with Crippen LogP contribution in [0.25, 0.3) is 11.0 Å². The summed E-state index contributed by atoms with van der Waals surface area (Å²) in [5.74, 6) is 1.34. The van der Waals surface area contributed by atoms with Crippen molar-refractivity contribution >= 4 is 22.7 Å². The van der Waals surface area contributed by atoms with Crippen molar-refractivity contribution in [3.63, 3.8) is 0 Å². The molecule has 0 spiro atoms. The Kier molecular flexibility index (Phi) is 7.31. The van der Waals surface area contributed by atoms with Crippen LogP contribution in [0.2, 0.25) is 0 Å². The van der Waals surface area contributed by atoms with Crippen LogP contribution in [0, 0.1) is 25.6 Å². The number of aromatic nitrogens is 3. The normalized spacial score (nSPS) is 14.2. The number of imidazole rings is 1. The number of aryl methyl sites for hydroxylation is 1. The summed E-state index contributed by atoms with van der Waals surface area (Å²) in [6.07, 6.45) is 4.07. The molecular weight excluding hydrogens is 483 g/mol. The Bertz CT molecular complexity index is 1460. The molecule has 3 heterocycles. The molecule has 8 heteroatoms. The monoisotopic (exact) mass is 517 g/mol. The van der Waals surface area contributed by atoms with Crippen molar-refractivity contribution in [3.05, 3.63) is 83.2 Å². The van der Waals surface area contributed by atoms with E-state index in [0.29, 0.717) is 12.3 Å². The van der Waals surface area contributed by atoms with E-state index in [9.17, 15) is 9.18 Å². The Labute approximate surface area is 222 Å². The van der Waals surface area contributed by atoms with Gasteiger partial charge in [-0.1, -0.05) is 19.1 Å². The SMILES string of the molecule is CC(=O)On1c(C)[n+](Cc2ccc(N3CCC(C)CC3)cc2)c2cc(OCc3ncc(C)cc3F)ccc21. The van der Waals surface area contributed by atoms with Gasteiger partial charge in [-0.3, -0.25) is 9.82 Å². The first-order chi connectivity index (χ1) is 18.3. The molecule has 1 aliphatic heterocycles. The summed E-state index contributed by atoms with van der Waals surface area (Å²) in [5.41, 5.74) is 4.97. The maximum Gasteiger partial charge on any atom is 0.354 e. The standard InChI is InChI=1S/C30H34FN4O3/c1-20-11-13-33(14-12-20)25-7-5-24(6-8-25)18-34-22(3)35(38-23(4)36)29-10-9-26(16-30(29)34)37-19-28-27(31)15-21(2)17-32-28/h5-10,15-17,20H,11-14,18-19H2,1-4H3/q+1. The van der Waals surface area contributed by atoms with Crippen LogP contribution in [0.1, 0.15) is 49.3 Å². The number of rotatable bonds is 7. The number of hydrogen-bond donors (Lipinski definition) is 0. The van der Waals surface area contributed by atoms with Crippen LogP contribution in [0.15, 0.2) is 54.7 Å². The summed E-state index contributed by atoms with van der Waals surface area (Å²) in [4.78, 5) is 24.0. The lowest BCUT2D eigenvalue weighted by Crippen LogP contribution is -2.38. The van der Waals surface area contributed by atoms with E-state index in [1.54, 1.807) is 23.9 Å². The third kappa shape index (κ3) is 5.49. The first kappa shape index (κ1) is 25.7. The van der Waals surface area contributed by atoms with Gasteiger partial charge < -0.3 is 9.64 Å². The lowest BCUT2D eigenvalue weighted by Gasteiger charge is -2.32. The van der Waals surface area contributed by atoms with Crippen LogP contribution >= 0.6 is 0 Å². The molecule has 198 valence electrons. The van der Waals surface area contributed by atoms with Gasteiger partial charge in [-0.2, -0.15) is 0 Å². The number of ether oxygens (including phenoxy) is 1. The average Bonchev–Trinajstić information content (AvgIpc) is 3.14. The molecule has 0 atom stereocenters. The number of pyridine rings is 1. The number of fused-ring (bicyclic) bond motifs is 1. The van der Waals surface area contributed by atoms with E-state index < -0.39 is 5.97 Å². The van der Waals surface area contributed by atoms with Gasteiger partial charge in [0.05, 0.1) is 0 Å². The summed E-state index contributed by atoms with van der Waals surface area (Å²) in [6.45, 7) is 10.2. The fourth-order valence-electron chi connectivity index (χ4n) is 4.96. The van der Waals surface area contributed by atoms with Crippen LogP contribution in [-0.2, 0) is 17.9 Å². The van der Waals surface area contributed by atoms with Crippen LogP contribution in [-0.4, -0.2) is 28.8 Å². The molecule has 1 saturated heterocycles. The van der Waals surface area contributed by atoms with Gasteiger partial charge in [0.2, 0.25) is 5.52 Å². The number of anilines is 1. The lowest BCUT2D eigenvalue weighted by molar-refractivity contribution is -0.670. The number of nitrogens with zero attached hydrogens (tertiary/aromatic N) is 4. The van der Waals surface area contributed by atoms with Crippen molar-refractivity contribution in [1.29, 1.82) is 0 Å². The Balaban J connectivity index is 1.42. The molecule has 0 amide bonds. The van der Waals surface area contributed by atoms with Crippen molar-refractivity contribution in [3.8, 4) is 5.75 Å². The van der Waals surface area contributed by atoms with Crippen molar-refractivity contribution in [2.24, 2.45) is 5.92 Å². The van der Waals surface area contributed by atoms with Crippen molar-refractivity contribution < 1.29 is 23.3 Å². The molecule has 7 nitrogen and oxygen atoms in total. The number of carbonyl (C=O) groups is 1. The number of hydrogen-bond acceptors (Lipinski definition) is 5. The smallest absolute Gasteiger partial charge is 0.354 e. The minimum Gasteiger partial charge on any atom is -0.487 e. The fourth-order valence-corrected chi connectivity index (χ4v) is 4.96. The zero-order valence-electron chi connectivity index (χ0n) is 22.4. The topological polar surface area (TPSA) is 60.5 Å². The molecule has 0 unspecified atom stereocenters. The average molecular weight is 518 g/mol. The molecule has 0 N–H and O–H groups in total. The molecule has 0 bridgehead atoms. The van der Waals surface area contributed by atoms with Crippen LogP contribution in [0.5, 0.6) is 5.75 Å². The van der Waals surface area contributed by atoms with Gasteiger partial charge in [-0.05, 0) is 71.9 Å². The molecule has 4 aromatic rings. The molecule has 2 aromatic heterocycles. The van der Waals surface area contributed by atoms with Gasteiger partial charge >= 0.3 is 5.97 Å². The molecule has 2 aromatic carbocycles. The van der Waals surface area contributed by atoms with Gasteiger partial charge in [0.25, 0.3) is 5.82 Å². The summed E-state index contributed by atoms with van der Waals surface area (Å²) < 4.78 is 23.8. The molecular formula is C30H34FN4O3+. The molecule has 1 aliphatic rings. The number of benzene rings is 2. The lowest BCUT2D eigenvalue weighted by atomic mass is 9.99. The zero-order valence-corrected chi connectivity index (χ0v) is 22.4. The van der Waals surface area contributed by atoms with Crippen LogP contribution in [0.4, 0.5) is 10.1 Å². The fraction of sp³-hybridized carbons (Fsp3) is 0.367. The molecule has 0 radical (unpaired) electrons. The van der Waals surface area contributed by atoms with E-state index in [4.69, 9.17) is 9.57 Å². The quantitative estimate of drug-likeness (QED) is 0.326. The van der Waals surface area contributed by atoms with E-state index in [-0.39, 0.29) is 18.1 Å². The Morgan fingerprint density at radius 1 is 1.11 bits per heavy atom. The minimum atomic E-state index is -0.404. The highest BCUT2D eigenvalue weighted by molar-refractivity contribution is 5.75. The number of piperidine rings is 1. The second-order valence-electron chi connectivity index (χ2n) is 10.2. The number of halogens is 1. The summed E-state index contributed by atoms with van der Waals surface area (Å²) in [6, 6.07) is 15.6. The van der Waals surface area contributed by atoms with Crippen LogP contribution < -0.4 is 19.0 Å². The van der Waals surface area contributed by atoms with E-state index in [2.05, 4.69) is 45.6 Å². The van der Waals surface area contributed by atoms with Gasteiger partial charge in [0.15, 0.2) is 5.52 Å². The molecule has 0 saturated carbocycles. The second-order valence-corrected chi connectivity index (χ2v) is 10.2. The number of carbonyl (C=O) groups excluding carboxylic acids is 1. The predicted octanol–water partition coefficient (Wildman–Crippen LogP) is 4.92. The van der Waals surface area contributed by atoms with E-state index in [0.717, 1.165) is 47.0 Å². The third-order valence-electron chi connectivity index (χ3n) is 7.22. The molecule has 5 rings (SSSR count). The largest absolute Gasteiger partial charge is 0.487 e. The van der Waals surface area contributed by atoms with E-state index >= 15 is 0 Å². The van der Waals surface area contributed by atoms with Crippen molar-refractivity contribution in [2.45, 2.75) is 53.7 Å². The highest BCUT2D eigenvalue weighted by atomic mass is 19.1. The van der Waals surface area contributed by atoms with Crippen LogP contribution in [0.3, 0.4) is 0 Å². The van der Waals surface area contributed by atoms with Crippen molar-refractivity contribution in [2.75, 3.05) is 18.0 Å². The maximum atomic E-state index is 14.3. The Morgan fingerprint density at radius 2 is 1.84 bits per heavy atom. The summed E-state index contributed by atoms with van der Waals surface area (Å²) in [7, 11) is 0. The summed E-state index contributed by atoms with van der Waals surface area (Å²) >= 11 is 0. The van der Waals surface area contributed by atoms with Gasteiger partial charge in [0, 0.05) is 44.9 Å².